The number of fused-ring (bicyclic) bond motifs is 3. The van der Waals surface area contributed by atoms with E-state index >= 15 is 0 Å². The molecule has 2 atom stereocenters. The number of piperidine rings is 1. The summed E-state index contributed by atoms with van der Waals surface area (Å²) in [5.41, 5.74) is 2.24. The molecule has 29 heavy (non-hydrogen) atoms. The van der Waals surface area contributed by atoms with Gasteiger partial charge in [-0.25, -0.2) is 4.79 Å². The molecular weight excluding hydrogens is 391 g/mol. The fourth-order valence-electron chi connectivity index (χ4n) is 4.41. The Kier molecular flexibility index (Phi) is 4.87. The van der Waals surface area contributed by atoms with Crippen LogP contribution in [0, 0.1) is 0 Å². The van der Waals surface area contributed by atoms with Gasteiger partial charge in [0, 0.05) is 25.6 Å². The number of amides is 3. The van der Waals surface area contributed by atoms with Crippen LogP contribution >= 0.6 is 0 Å². The minimum Gasteiger partial charge on any atom is -0.443 e. The van der Waals surface area contributed by atoms with Crippen LogP contribution in [0.2, 0.25) is 0 Å². The molecule has 1 aromatic carbocycles. The molecule has 1 N–H and O–H groups in total. The lowest BCUT2D eigenvalue weighted by molar-refractivity contribution is -0.174. The molecular formula is C19H20F3N3O4. The van der Waals surface area contributed by atoms with Crippen LogP contribution in [-0.2, 0) is 20.7 Å². The van der Waals surface area contributed by atoms with Crippen molar-refractivity contribution in [3.05, 3.63) is 35.4 Å². The molecule has 3 aliphatic rings. The monoisotopic (exact) mass is 411 g/mol. The lowest BCUT2D eigenvalue weighted by Crippen LogP contribution is -2.50. The van der Waals surface area contributed by atoms with Crippen molar-refractivity contribution in [2.45, 2.75) is 43.6 Å². The minimum atomic E-state index is -5.02. The highest BCUT2D eigenvalue weighted by Crippen LogP contribution is 2.44. The molecule has 3 amide bonds. The summed E-state index contributed by atoms with van der Waals surface area (Å²) in [5.74, 6) is -2.71. The quantitative estimate of drug-likeness (QED) is 0.823. The average molecular weight is 411 g/mol. The van der Waals surface area contributed by atoms with Crippen LogP contribution in [0.5, 0.6) is 0 Å². The molecule has 0 spiro atoms. The van der Waals surface area contributed by atoms with E-state index in [-0.39, 0.29) is 24.3 Å². The molecule has 1 aliphatic carbocycles. The zero-order valence-electron chi connectivity index (χ0n) is 15.4. The summed E-state index contributed by atoms with van der Waals surface area (Å²) < 4.78 is 42.2. The van der Waals surface area contributed by atoms with Gasteiger partial charge in [0.1, 0.15) is 6.10 Å². The average Bonchev–Trinajstić information content (AvgIpc) is 3.19. The number of hydrogen-bond donors (Lipinski definition) is 1. The number of halogens is 3. The van der Waals surface area contributed by atoms with Crippen molar-refractivity contribution in [3.8, 4) is 0 Å². The maximum Gasteiger partial charge on any atom is 0.471 e. The molecule has 2 heterocycles. The largest absolute Gasteiger partial charge is 0.471 e. The van der Waals surface area contributed by atoms with Crippen molar-refractivity contribution >= 4 is 17.9 Å². The summed E-state index contributed by atoms with van der Waals surface area (Å²) in [6.07, 6.45) is -3.91. The number of ether oxygens (including phenoxy) is 1. The Morgan fingerprint density at radius 3 is 2.55 bits per heavy atom. The highest BCUT2D eigenvalue weighted by atomic mass is 19.4. The maximum absolute atomic E-state index is 12.5. The number of nitrogens with one attached hydrogen (secondary N) is 1. The highest BCUT2D eigenvalue weighted by Gasteiger charge is 2.50. The van der Waals surface area contributed by atoms with Crippen LogP contribution in [-0.4, -0.2) is 65.7 Å². The van der Waals surface area contributed by atoms with Gasteiger partial charge in [0.25, 0.3) is 0 Å². The molecule has 1 aromatic rings. The van der Waals surface area contributed by atoms with Gasteiger partial charge in [-0.1, -0.05) is 24.3 Å². The first-order valence-electron chi connectivity index (χ1n) is 9.45. The number of carbonyl (C=O) groups is 3. The van der Waals surface area contributed by atoms with Gasteiger partial charge < -0.3 is 15.0 Å². The van der Waals surface area contributed by atoms with Gasteiger partial charge in [-0.2, -0.15) is 13.2 Å². The molecule has 0 aromatic heterocycles. The van der Waals surface area contributed by atoms with E-state index in [0.29, 0.717) is 32.4 Å². The molecule has 7 nitrogen and oxygen atoms in total. The van der Waals surface area contributed by atoms with Gasteiger partial charge in [-0.3, -0.25) is 14.5 Å². The molecule has 0 saturated carbocycles. The third-order valence-corrected chi connectivity index (χ3v) is 5.78. The van der Waals surface area contributed by atoms with E-state index in [1.165, 1.54) is 4.90 Å². The van der Waals surface area contributed by atoms with Crippen molar-refractivity contribution in [2.24, 2.45) is 0 Å². The standard InChI is InChI=1S/C19H20F3N3O4/c20-19(21,22)17(27)23-10-15(26)24-7-5-12(6-8-24)25-16-13-4-2-1-3-11(13)9-14(16)29-18(25)28/h1-4,12,14,16H,5-10H2,(H,23,27)/t14-,16+/m1/s1. The van der Waals surface area contributed by atoms with Crippen molar-refractivity contribution in [3.63, 3.8) is 0 Å². The van der Waals surface area contributed by atoms with Crippen molar-refractivity contribution < 1.29 is 32.3 Å². The van der Waals surface area contributed by atoms with Crippen LogP contribution < -0.4 is 5.32 Å². The van der Waals surface area contributed by atoms with Crippen LogP contribution in [0.25, 0.3) is 0 Å². The lowest BCUT2D eigenvalue weighted by Gasteiger charge is -2.38. The van der Waals surface area contributed by atoms with E-state index in [4.69, 9.17) is 4.74 Å². The SMILES string of the molecule is O=C(CNC(=O)C(F)(F)F)N1CCC(N2C(=O)O[C@@H]3Cc4ccccc4[C@@H]32)CC1. The summed E-state index contributed by atoms with van der Waals surface area (Å²) in [4.78, 5) is 38.6. The molecule has 2 saturated heterocycles. The molecule has 10 heteroatoms. The van der Waals surface area contributed by atoms with Gasteiger partial charge in [-0.05, 0) is 24.0 Å². The van der Waals surface area contributed by atoms with Gasteiger partial charge in [0.15, 0.2) is 0 Å². The van der Waals surface area contributed by atoms with Gasteiger partial charge >= 0.3 is 18.2 Å². The fraction of sp³-hybridized carbons (Fsp3) is 0.526. The number of rotatable bonds is 3. The second kappa shape index (κ2) is 7.23. The first kappa shape index (κ1) is 19.5. The molecule has 0 bridgehead atoms. The van der Waals surface area contributed by atoms with E-state index in [9.17, 15) is 27.6 Å². The Balaban J connectivity index is 1.36. The summed E-state index contributed by atoms with van der Waals surface area (Å²) in [5, 5.41) is 1.59. The third kappa shape index (κ3) is 3.63. The highest BCUT2D eigenvalue weighted by molar-refractivity contribution is 5.87. The topological polar surface area (TPSA) is 79.0 Å². The summed E-state index contributed by atoms with van der Waals surface area (Å²) in [6.45, 7) is -0.102. The number of hydrogen-bond acceptors (Lipinski definition) is 4. The Morgan fingerprint density at radius 1 is 1.17 bits per heavy atom. The molecule has 156 valence electrons. The van der Waals surface area contributed by atoms with Gasteiger partial charge in [-0.15, -0.1) is 0 Å². The first-order chi connectivity index (χ1) is 13.8. The van der Waals surface area contributed by atoms with Crippen LogP contribution in [0.4, 0.5) is 18.0 Å². The summed E-state index contributed by atoms with van der Waals surface area (Å²) in [6, 6.07) is 7.65. The number of benzene rings is 1. The van der Waals surface area contributed by atoms with Crippen LogP contribution in [0.15, 0.2) is 24.3 Å². The van der Waals surface area contributed by atoms with Gasteiger partial charge in [0.2, 0.25) is 5.91 Å². The molecule has 0 radical (unpaired) electrons. The van der Waals surface area contributed by atoms with Crippen molar-refractivity contribution in [1.82, 2.24) is 15.1 Å². The normalized spacial score (nSPS) is 24.2. The van der Waals surface area contributed by atoms with Crippen molar-refractivity contribution in [1.29, 1.82) is 0 Å². The van der Waals surface area contributed by atoms with Crippen LogP contribution in [0.1, 0.15) is 30.0 Å². The Hall–Kier alpha value is -2.78. The Labute approximate surface area is 164 Å². The summed E-state index contributed by atoms with van der Waals surface area (Å²) in [7, 11) is 0. The smallest absolute Gasteiger partial charge is 0.443 e. The fourth-order valence-corrected chi connectivity index (χ4v) is 4.41. The molecule has 0 unspecified atom stereocenters. The van der Waals surface area contributed by atoms with E-state index in [2.05, 4.69) is 0 Å². The zero-order valence-corrected chi connectivity index (χ0v) is 15.4. The van der Waals surface area contributed by atoms with E-state index in [1.54, 1.807) is 10.2 Å². The molecule has 2 fully saturated rings. The van der Waals surface area contributed by atoms with Crippen LogP contribution in [0.3, 0.4) is 0 Å². The van der Waals surface area contributed by atoms with E-state index in [0.717, 1.165) is 11.1 Å². The minimum absolute atomic E-state index is 0.113. The number of alkyl halides is 3. The van der Waals surface area contributed by atoms with Crippen molar-refractivity contribution in [2.75, 3.05) is 19.6 Å². The predicted octanol–water partition coefficient (Wildman–Crippen LogP) is 1.77. The van der Waals surface area contributed by atoms with E-state index in [1.807, 2.05) is 24.3 Å². The maximum atomic E-state index is 12.5. The molecule has 2 aliphatic heterocycles. The Morgan fingerprint density at radius 2 is 1.86 bits per heavy atom. The second-order valence-electron chi connectivity index (χ2n) is 7.47. The number of carbonyl (C=O) groups excluding carboxylic acids is 3. The first-order valence-corrected chi connectivity index (χ1v) is 9.45. The lowest BCUT2D eigenvalue weighted by atomic mass is 9.99. The van der Waals surface area contributed by atoms with E-state index < -0.39 is 24.5 Å². The number of likely N-dealkylation sites (tertiary alicyclic amines) is 1. The number of nitrogens with zero attached hydrogens (tertiary/aromatic N) is 2. The zero-order chi connectivity index (χ0) is 20.8. The Bertz CT molecular complexity index is 836. The predicted molar refractivity (Wildman–Crippen MR) is 93.7 cm³/mol. The second-order valence-corrected chi connectivity index (χ2v) is 7.47. The third-order valence-electron chi connectivity index (χ3n) is 5.78. The summed E-state index contributed by atoms with van der Waals surface area (Å²) >= 11 is 0. The van der Waals surface area contributed by atoms with Gasteiger partial charge in [0.05, 0.1) is 12.6 Å². The molecule has 4 rings (SSSR count).